The second kappa shape index (κ2) is 13.3. The minimum absolute atomic E-state index is 0.424. The molecule has 0 saturated heterocycles. The van der Waals surface area contributed by atoms with Crippen molar-refractivity contribution in [2.75, 3.05) is 0 Å². The van der Waals surface area contributed by atoms with Crippen molar-refractivity contribution in [1.82, 2.24) is 0 Å². The lowest BCUT2D eigenvalue weighted by Gasteiger charge is -2.32. The first kappa shape index (κ1) is 35.9. The molecule has 0 radical (unpaired) electrons. The minimum atomic E-state index is -0.814. The van der Waals surface area contributed by atoms with E-state index in [4.69, 9.17) is 0 Å². The van der Waals surface area contributed by atoms with Crippen LogP contribution in [0.25, 0.3) is 0 Å². The molecule has 192 valence electrons. The summed E-state index contributed by atoms with van der Waals surface area (Å²) < 4.78 is 0. The van der Waals surface area contributed by atoms with Gasteiger partial charge in [-0.25, -0.2) is 0 Å². The summed E-state index contributed by atoms with van der Waals surface area (Å²) in [5, 5.41) is 4.46. The first-order valence-corrected chi connectivity index (χ1v) is 29.6. The summed E-state index contributed by atoms with van der Waals surface area (Å²) in [6, 6.07) is 0. The van der Waals surface area contributed by atoms with Crippen molar-refractivity contribution in [3.8, 4) is 0 Å². The summed E-state index contributed by atoms with van der Waals surface area (Å²) in [5.41, 5.74) is 1.56. The van der Waals surface area contributed by atoms with Gasteiger partial charge in [0.2, 0.25) is 0 Å². The molecule has 0 nitrogen and oxygen atoms in total. The first-order valence-electron chi connectivity index (χ1n) is 13.6. The fraction of sp³-hybridized carbons (Fsp3) is 1.00. The summed E-state index contributed by atoms with van der Waals surface area (Å²) in [7, 11) is -2.44. The summed E-state index contributed by atoms with van der Waals surface area (Å²) in [5.74, 6) is 0. The molecule has 32 heavy (non-hydrogen) atoms. The number of hydrogen-bond donors (Lipinski definition) is 0. The van der Waals surface area contributed by atoms with Crippen molar-refractivity contribution >= 4 is 52.5 Å². The SMILES string of the molecule is CC(C)(C)[CH2][Al]([CH2]C(C)(C)C)[CH2]C(C)(C)C.C[Si](C)(C)[CH2][Al]([CH2][Si](C)(C)C)[CH2][Si](C)(C)C. The van der Waals surface area contributed by atoms with Crippen molar-refractivity contribution in [1.29, 1.82) is 0 Å². The van der Waals surface area contributed by atoms with E-state index in [1.807, 2.05) is 0 Å². The first-order chi connectivity index (χ1) is 13.6. The lowest BCUT2D eigenvalue weighted by Crippen LogP contribution is -2.40. The van der Waals surface area contributed by atoms with Gasteiger partial charge in [0.25, 0.3) is 28.3 Å². The van der Waals surface area contributed by atoms with Crippen LogP contribution in [0.3, 0.4) is 0 Å². The molecule has 0 fully saturated rings. The van der Waals surface area contributed by atoms with Gasteiger partial charge in [-0.2, -0.15) is 0 Å². The van der Waals surface area contributed by atoms with Crippen molar-refractivity contribution in [2.45, 2.75) is 152 Å². The van der Waals surface area contributed by atoms with E-state index < -0.39 is 52.5 Å². The zero-order valence-electron chi connectivity index (χ0n) is 26.4. The average molecular weight is 529 g/mol. The Balaban J connectivity index is 0. The third-order valence-electron chi connectivity index (χ3n) is 5.41. The molecular formula is C27H66Al2Si3. The predicted molar refractivity (Wildman–Crippen MR) is 169 cm³/mol. The third-order valence-corrected chi connectivity index (χ3v) is 32.4. The molecular weight excluding hydrogens is 463 g/mol. The Labute approximate surface area is 219 Å². The van der Waals surface area contributed by atoms with Gasteiger partial charge in [0, 0.05) is 24.2 Å². The van der Waals surface area contributed by atoms with E-state index in [0.29, 0.717) is 16.2 Å². The summed E-state index contributed by atoms with van der Waals surface area (Å²) >= 11 is -1.03. The van der Waals surface area contributed by atoms with E-state index in [0.717, 1.165) is 0 Å². The van der Waals surface area contributed by atoms with Crippen LogP contribution < -0.4 is 0 Å². The molecule has 0 atom stereocenters. The lowest BCUT2D eigenvalue weighted by molar-refractivity contribution is 0.417. The maximum atomic E-state index is 2.57. The Hall–Kier alpha value is 1.72. The van der Waals surface area contributed by atoms with Gasteiger partial charge in [-0.05, 0) is 16.2 Å². The number of hydrogen-bond acceptors (Lipinski definition) is 0. The predicted octanol–water partition coefficient (Wildman–Crippen LogP) is 10.7. The van der Waals surface area contributed by atoms with E-state index in [1.54, 1.807) is 14.7 Å². The van der Waals surface area contributed by atoms with Crippen molar-refractivity contribution < 1.29 is 0 Å². The molecule has 0 aliphatic heterocycles. The van der Waals surface area contributed by atoms with Gasteiger partial charge in [0.1, 0.15) is 0 Å². The van der Waals surface area contributed by atoms with E-state index in [1.165, 1.54) is 15.8 Å². The topological polar surface area (TPSA) is 0 Å². The second-order valence-electron chi connectivity index (χ2n) is 18.3. The van der Waals surface area contributed by atoms with Crippen LogP contribution >= 0.6 is 0 Å². The Morgan fingerprint density at radius 2 is 0.562 bits per heavy atom. The lowest BCUT2D eigenvalue weighted by atomic mass is 9.99. The van der Waals surface area contributed by atoms with Gasteiger partial charge >= 0.3 is 0 Å². The summed E-state index contributed by atoms with van der Waals surface area (Å²) in [6.07, 6.45) is 0. The maximum Gasteiger partial charge on any atom is 0.263 e. The van der Waals surface area contributed by atoms with E-state index >= 15 is 0 Å². The van der Waals surface area contributed by atoms with Crippen molar-refractivity contribution in [3.05, 3.63) is 0 Å². The highest BCUT2D eigenvalue weighted by Crippen LogP contribution is 2.35. The standard InChI is InChI=1S/3C5H11.3C4H11Si.2Al/c6*1-5(2,3)4;;/h6*1H2,2-4H3;;. The van der Waals surface area contributed by atoms with Gasteiger partial charge in [-0.3, -0.25) is 0 Å². The molecule has 5 heteroatoms. The van der Waals surface area contributed by atoms with E-state index in [2.05, 4.69) is 121 Å². The fourth-order valence-electron chi connectivity index (χ4n) is 5.63. The maximum absolute atomic E-state index is 2.57. The van der Waals surface area contributed by atoms with Gasteiger partial charge < -0.3 is 0 Å². The van der Waals surface area contributed by atoms with Gasteiger partial charge in [-0.1, -0.05) is 152 Å². The highest BCUT2D eigenvalue weighted by molar-refractivity contribution is 7.00. The molecule has 0 aliphatic rings. The zero-order valence-corrected chi connectivity index (χ0v) is 31.7. The molecule has 0 aromatic rings. The molecule has 0 unspecified atom stereocenters. The van der Waals surface area contributed by atoms with Crippen LogP contribution in [0.5, 0.6) is 0 Å². The molecule has 0 amide bonds. The fourth-order valence-corrected chi connectivity index (χ4v) is 37.7. The number of rotatable bonds is 9. The molecule has 0 aliphatic carbocycles. The van der Waals surface area contributed by atoms with Crippen molar-refractivity contribution in [2.24, 2.45) is 16.2 Å². The third kappa shape index (κ3) is 29.7. The smallest absolute Gasteiger partial charge is 0.0983 e. The van der Waals surface area contributed by atoms with Crippen LogP contribution in [0.2, 0.25) is 89.5 Å². The van der Waals surface area contributed by atoms with Gasteiger partial charge in [-0.15, -0.1) is 0 Å². The van der Waals surface area contributed by atoms with Crippen LogP contribution in [-0.2, 0) is 0 Å². The largest absolute Gasteiger partial charge is 0.263 e. The van der Waals surface area contributed by atoms with Crippen LogP contribution in [0.4, 0.5) is 0 Å². The highest BCUT2D eigenvalue weighted by Gasteiger charge is 2.34. The zero-order chi connectivity index (χ0) is 26.4. The van der Waals surface area contributed by atoms with Gasteiger partial charge in [0.05, 0.1) is 0 Å². The molecule has 0 heterocycles. The Morgan fingerprint density at radius 3 is 0.688 bits per heavy atom. The summed E-state index contributed by atoms with van der Waals surface area (Å²) in [4.78, 5) is 5.09. The second-order valence-corrected chi connectivity index (χ2v) is 43.3. The van der Waals surface area contributed by atoms with Crippen LogP contribution in [-0.4, -0.2) is 52.5 Å². The molecule has 0 aromatic heterocycles. The Bertz CT molecular complexity index is 380. The Kier molecular flexibility index (Phi) is 14.9. The van der Waals surface area contributed by atoms with Crippen molar-refractivity contribution in [3.63, 3.8) is 0 Å². The molecule has 0 spiro atoms. The quantitative estimate of drug-likeness (QED) is 0.261. The monoisotopic (exact) mass is 528 g/mol. The van der Waals surface area contributed by atoms with Crippen LogP contribution in [0.1, 0.15) is 62.3 Å². The molecule has 0 aromatic carbocycles. The van der Waals surface area contributed by atoms with E-state index in [9.17, 15) is 0 Å². The Morgan fingerprint density at radius 1 is 0.375 bits per heavy atom. The van der Waals surface area contributed by atoms with Gasteiger partial charge in [0.15, 0.2) is 0 Å². The highest BCUT2D eigenvalue weighted by atomic mass is 28.3. The van der Waals surface area contributed by atoms with E-state index in [-0.39, 0.29) is 0 Å². The molecule has 0 bridgehead atoms. The molecule has 0 N–H and O–H groups in total. The van der Waals surface area contributed by atoms with Crippen LogP contribution in [0, 0.1) is 16.2 Å². The normalized spacial score (nSPS) is 14.1. The molecule has 0 saturated carbocycles. The minimum Gasteiger partial charge on any atom is -0.0983 e. The van der Waals surface area contributed by atoms with Crippen LogP contribution in [0.15, 0.2) is 0 Å². The average Bonchev–Trinajstić information content (AvgIpc) is 2.24. The summed E-state index contributed by atoms with van der Waals surface area (Å²) in [6.45, 7) is 44.7. The molecule has 0 rings (SSSR count).